The Kier molecular flexibility index (Phi) is 4.64. The van der Waals surface area contributed by atoms with Crippen molar-refractivity contribution in [3.05, 3.63) is 35.9 Å². The third kappa shape index (κ3) is 3.25. The Morgan fingerprint density at radius 1 is 1.09 bits per heavy atom. The number of piperazine rings is 1. The van der Waals surface area contributed by atoms with Crippen LogP contribution in [0.4, 0.5) is 4.79 Å². The van der Waals surface area contributed by atoms with Gasteiger partial charge in [-0.2, -0.15) is 0 Å². The molecule has 2 saturated heterocycles. The van der Waals surface area contributed by atoms with Gasteiger partial charge in [-0.15, -0.1) is 0 Å². The molecule has 5 nitrogen and oxygen atoms in total. The maximum atomic E-state index is 11.6. The molecule has 1 amide bonds. The first kappa shape index (κ1) is 15.3. The van der Waals surface area contributed by atoms with E-state index in [1.54, 1.807) is 4.90 Å². The van der Waals surface area contributed by atoms with Crippen molar-refractivity contribution in [1.82, 2.24) is 14.7 Å². The van der Waals surface area contributed by atoms with Crippen molar-refractivity contribution in [2.45, 2.75) is 24.9 Å². The molecule has 0 radical (unpaired) electrons. The zero-order valence-electron chi connectivity index (χ0n) is 13.2. The highest BCUT2D eigenvalue weighted by atomic mass is 16.4. The van der Waals surface area contributed by atoms with Gasteiger partial charge >= 0.3 is 6.09 Å². The number of carboxylic acid groups (broad SMARTS) is 1. The zero-order chi connectivity index (χ0) is 15.5. The highest BCUT2D eigenvalue weighted by Gasteiger charge is 2.34. The van der Waals surface area contributed by atoms with Crippen LogP contribution in [-0.4, -0.2) is 71.7 Å². The molecule has 2 aliphatic rings. The van der Waals surface area contributed by atoms with E-state index in [0.717, 1.165) is 31.7 Å². The quantitative estimate of drug-likeness (QED) is 0.909. The Hall–Kier alpha value is -1.59. The van der Waals surface area contributed by atoms with Crippen LogP contribution in [0.15, 0.2) is 30.3 Å². The molecule has 0 aromatic heterocycles. The van der Waals surface area contributed by atoms with Gasteiger partial charge in [0.1, 0.15) is 0 Å². The first-order valence-electron chi connectivity index (χ1n) is 8.12. The Balaban J connectivity index is 1.74. The summed E-state index contributed by atoms with van der Waals surface area (Å²) >= 11 is 0. The Morgan fingerprint density at radius 3 is 2.41 bits per heavy atom. The molecule has 2 heterocycles. The summed E-state index contributed by atoms with van der Waals surface area (Å²) in [6, 6.07) is 10.6. The maximum Gasteiger partial charge on any atom is 0.407 e. The van der Waals surface area contributed by atoms with Crippen molar-refractivity contribution in [2.75, 3.05) is 39.8 Å². The van der Waals surface area contributed by atoms with E-state index < -0.39 is 6.09 Å². The van der Waals surface area contributed by atoms with Gasteiger partial charge in [0.2, 0.25) is 0 Å². The van der Waals surface area contributed by atoms with E-state index in [-0.39, 0.29) is 6.04 Å². The minimum atomic E-state index is -0.808. The summed E-state index contributed by atoms with van der Waals surface area (Å²) in [5.74, 6) is 0. The fourth-order valence-corrected chi connectivity index (χ4v) is 3.69. The van der Waals surface area contributed by atoms with Crippen LogP contribution in [-0.2, 0) is 0 Å². The van der Waals surface area contributed by atoms with E-state index in [2.05, 4.69) is 16.8 Å². The number of rotatable bonds is 2. The number of amides is 1. The maximum absolute atomic E-state index is 11.6. The molecule has 1 atom stereocenters. The van der Waals surface area contributed by atoms with E-state index in [4.69, 9.17) is 0 Å². The van der Waals surface area contributed by atoms with Crippen LogP contribution in [0.2, 0.25) is 0 Å². The van der Waals surface area contributed by atoms with Crippen molar-refractivity contribution < 1.29 is 9.90 Å². The van der Waals surface area contributed by atoms with Crippen LogP contribution in [0.3, 0.4) is 0 Å². The summed E-state index contributed by atoms with van der Waals surface area (Å²) in [4.78, 5) is 18.0. The minimum absolute atomic E-state index is 0.0490. The molecule has 0 saturated carbocycles. The van der Waals surface area contributed by atoms with Gasteiger partial charge in [-0.25, -0.2) is 4.79 Å². The van der Waals surface area contributed by atoms with Crippen molar-refractivity contribution in [2.24, 2.45) is 0 Å². The molecule has 2 fully saturated rings. The van der Waals surface area contributed by atoms with Gasteiger partial charge < -0.3 is 10.0 Å². The number of piperidine rings is 1. The Morgan fingerprint density at radius 2 is 1.77 bits per heavy atom. The van der Waals surface area contributed by atoms with E-state index >= 15 is 0 Å². The molecule has 0 aliphatic carbocycles. The van der Waals surface area contributed by atoms with Crippen molar-refractivity contribution >= 4 is 6.09 Å². The third-order valence-corrected chi connectivity index (χ3v) is 5.05. The van der Waals surface area contributed by atoms with Crippen molar-refractivity contribution in [1.29, 1.82) is 0 Å². The highest BCUT2D eigenvalue weighted by molar-refractivity contribution is 5.66. The lowest BCUT2D eigenvalue weighted by atomic mass is 9.98. The van der Waals surface area contributed by atoms with Crippen LogP contribution in [0.5, 0.6) is 0 Å². The summed E-state index contributed by atoms with van der Waals surface area (Å²) in [6.45, 7) is 4.54. The lowest BCUT2D eigenvalue weighted by Gasteiger charge is -2.45. The smallest absolute Gasteiger partial charge is 0.407 e. The Bertz CT molecular complexity index is 500. The summed E-state index contributed by atoms with van der Waals surface area (Å²) in [7, 11) is 2.17. The van der Waals surface area contributed by atoms with Gasteiger partial charge in [-0.3, -0.25) is 9.80 Å². The molecule has 1 aromatic rings. The molecule has 22 heavy (non-hydrogen) atoms. The first-order valence-corrected chi connectivity index (χ1v) is 8.12. The number of hydrogen-bond donors (Lipinski definition) is 1. The molecular weight excluding hydrogens is 278 g/mol. The van der Waals surface area contributed by atoms with Crippen molar-refractivity contribution in [3.63, 3.8) is 0 Å². The predicted molar refractivity (Wildman–Crippen MR) is 86.0 cm³/mol. The van der Waals surface area contributed by atoms with E-state index in [0.29, 0.717) is 12.6 Å². The molecule has 2 aliphatic heterocycles. The van der Waals surface area contributed by atoms with Crippen LogP contribution >= 0.6 is 0 Å². The summed E-state index contributed by atoms with van der Waals surface area (Å²) in [5.41, 5.74) is 1.10. The van der Waals surface area contributed by atoms with Crippen molar-refractivity contribution in [3.8, 4) is 0 Å². The van der Waals surface area contributed by atoms with Crippen LogP contribution in [0, 0.1) is 0 Å². The largest absolute Gasteiger partial charge is 0.465 e. The number of hydrogen-bond acceptors (Lipinski definition) is 3. The monoisotopic (exact) mass is 303 g/mol. The van der Waals surface area contributed by atoms with Gasteiger partial charge in [0.25, 0.3) is 0 Å². The van der Waals surface area contributed by atoms with Gasteiger partial charge in [0, 0.05) is 25.7 Å². The SMILES string of the molecule is CN1CCC(N2CCN(C(=O)O)C(c3ccccc3)C2)CC1. The van der Waals surface area contributed by atoms with Crippen LogP contribution < -0.4 is 0 Å². The summed E-state index contributed by atoms with van der Waals surface area (Å²) < 4.78 is 0. The topological polar surface area (TPSA) is 47.0 Å². The summed E-state index contributed by atoms with van der Waals surface area (Å²) in [5, 5.41) is 9.50. The summed E-state index contributed by atoms with van der Waals surface area (Å²) in [6.07, 6.45) is 1.56. The van der Waals surface area contributed by atoms with Gasteiger partial charge in [-0.1, -0.05) is 30.3 Å². The third-order valence-electron chi connectivity index (χ3n) is 5.05. The Labute approximate surface area is 132 Å². The number of nitrogens with zero attached hydrogens (tertiary/aromatic N) is 3. The molecule has 1 unspecified atom stereocenters. The molecule has 5 heteroatoms. The predicted octanol–water partition coefficient (Wildman–Crippen LogP) is 2.12. The number of benzene rings is 1. The van der Waals surface area contributed by atoms with Crippen LogP contribution in [0.1, 0.15) is 24.4 Å². The second kappa shape index (κ2) is 6.67. The molecule has 3 rings (SSSR count). The second-order valence-electron chi connectivity index (χ2n) is 6.43. The lowest BCUT2D eigenvalue weighted by Crippen LogP contribution is -2.55. The molecule has 0 bridgehead atoms. The second-order valence-corrected chi connectivity index (χ2v) is 6.43. The highest BCUT2D eigenvalue weighted by Crippen LogP contribution is 2.28. The van der Waals surface area contributed by atoms with E-state index in [9.17, 15) is 9.90 Å². The fraction of sp³-hybridized carbons (Fsp3) is 0.588. The van der Waals surface area contributed by atoms with E-state index in [1.165, 1.54) is 12.8 Å². The number of likely N-dealkylation sites (tertiary alicyclic amines) is 1. The van der Waals surface area contributed by atoms with E-state index in [1.807, 2.05) is 30.3 Å². The zero-order valence-corrected chi connectivity index (χ0v) is 13.2. The van der Waals surface area contributed by atoms with Gasteiger partial charge in [0.15, 0.2) is 0 Å². The molecule has 0 spiro atoms. The van der Waals surface area contributed by atoms with Crippen LogP contribution in [0.25, 0.3) is 0 Å². The minimum Gasteiger partial charge on any atom is -0.465 e. The molecule has 120 valence electrons. The standard InChI is InChI=1S/C17H25N3O2/c1-18-9-7-15(8-10-18)19-11-12-20(17(21)22)16(13-19)14-5-3-2-4-6-14/h2-6,15-16H,7-13H2,1H3,(H,21,22). The van der Waals surface area contributed by atoms with Gasteiger partial charge in [0.05, 0.1) is 6.04 Å². The average Bonchev–Trinajstić information content (AvgIpc) is 2.56. The molecule has 1 aromatic carbocycles. The normalized spacial score (nSPS) is 25.3. The average molecular weight is 303 g/mol. The fourth-order valence-electron chi connectivity index (χ4n) is 3.69. The lowest BCUT2D eigenvalue weighted by molar-refractivity contribution is 0.0303. The first-order chi connectivity index (χ1) is 10.6. The molecular formula is C17H25N3O2. The van der Waals surface area contributed by atoms with Gasteiger partial charge in [-0.05, 0) is 38.5 Å². The number of carbonyl (C=O) groups is 1. The molecule has 1 N–H and O–H groups in total.